The molecule has 0 fully saturated rings. The number of hydrogen-bond donors (Lipinski definition) is 1. The van der Waals surface area contributed by atoms with Gasteiger partial charge in [0.1, 0.15) is 0 Å². The monoisotopic (exact) mass is 307 g/mol. The van der Waals surface area contributed by atoms with Crippen molar-refractivity contribution < 1.29 is 0 Å². The summed E-state index contributed by atoms with van der Waals surface area (Å²) in [6, 6.07) is 13.8. The summed E-state index contributed by atoms with van der Waals surface area (Å²) in [5, 5.41) is 11.3. The highest BCUT2D eigenvalue weighted by Crippen LogP contribution is 2.15. The summed E-state index contributed by atoms with van der Waals surface area (Å²) in [4.78, 5) is 4.08. The fourth-order valence-corrected chi connectivity index (χ4v) is 2.08. The minimum Gasteiger partial charge on any atom is -0.264 e. The van der Waals surface area contributed by atoms with E-state index in [2.05, 4.69) is 20.3 Å². The third kappa shape index (κ3) is 3.24. The summed E-state index contributed by atoms with van der Waals surface area (Å²) in [5.41, 5.74) is 1.95. The molecular weight excluding hydrogens is 294 g/mol. The number of hydrogen-bond acceptors (Lipinski definition) is 4. The predicted octanol–water partition coefficient (Wildman–Crippen LogP) is 3.55. The molecule has 0 saturated carbocycles. The minimum absolute atomic E-state index is 0.434. The maximum absolute atomic E-state index is 5.20. The van der Waals surface area contributed by atoms with E-state index in [9.17, 15) is 0 Å². The van der Waals surface area contributed by atoms with Crippen LogP contribution in [0, 0.1) is 4.77 Å². The third-order valence-corrected chi connectivity index (χ3v) is 3.19. The van der Waals surface area contributed by atoms with E-state index in [0.29, 0.717) is 10.6 Å². The van der Waals surface area contributed by atoms with E-state index in [4.69, 9.17) is 12.2 Å². The van der Waals surface area contributed by atoms with Gasteiger partial charge in [-0.2, -0.15) is 14.9 Å². The van der Waals surface area contributed by atoms with E-state index in [1.165, 1.54) is 0 Å². The van der Waals surface area contributed by atoms with Crippen molar-refractivity contribution in [3.63, 3.8) is 0 Å². The summed E-state index contributed by atoms with van der Waals surface area (Å²) < 4.78 is 2.00. The molecule has 1 N–H and O–H groups in total. The van der Waals surface area contributed by atoms with Gasteiger partial charge in [0.05, 0.1) is 0 Å². The SMILES string of the molecule is S=c1[nH]nc(-c2cccnc2)n1N=C/C=C/c1ccccc1. The van der Waals surface area contributed by atoms with Crippen LogP contribution in [0.4, 0.5) is 0 Å². The van der Waals surface area contributed by atoms with E-state index in [1.54, 1.807) is 23.3 Å². The molecule has 0 unspecified atom stereocenters. The number of H-pyrrole nitrogens is 1. The van der Waals surface area contributed by atoms with Crippen molar-refractivity contribution in [1.82, 2.24) is 19.9 Å². The number of rotatable bonds is 4. The molecule has 0 amide bonds. The molecule has 5 nitrogen and oxygen atoms in total. The van der Waals surface area contributed by atoms with Crippen LogP contribution in [0.1, 0.15) is 5.56 Å². The Balaban J connectivity index is 1.84. The fourth-order valence-electron chi connectivity index (χ4n) is 1.90. The van der Waals surface area contributed by atoms with Crippen LogP contribution in [-0.4, -0.2) is 26.1 Å². The summed E-state index contributed by atoms with van der Waals surface area (Å²) in [7, 11) is 0. The van der Waals surface area contributed by atoms with Crippen molar-refractivity contribution in [1.29, 1.82) is 0 Å². The van der Waals surface area contributed by atoms with Gasteiger partial charge in [-0.1, -0.05) is 36.4 Å². The zero-order valence-electron chi connectivity index (χ0n) is 11.6. The Hall–Kier alpha value is -2.86. The molecule has 0 saturated heterocycles. The van der Waals surface area contributed by atoms with Crippen LogP contribution < -0.4 is 0 Å². The van der Waals surface area contributed by atoms with E-state index < -0.39 is 0 Å². The van der Waals surface area contributed by atoms with Crippen LogP contribution in [0.15, 0.2) is 66.0 Å². The van der Waals surface area contributed by atoms with Crippen molar-refractivity contribution in [3.8, 4) is 11.4 Å². The van der Waals surface area contributed by atoms with E-state index >= 15 is 0 Å². The second kappa shape index (κ2) is 6.73. The molecule has 0 radical (unpaired) electrons. The molecule has 3 aromatic rings. The lowest BCUT2D eigenvalue weighted by Crippen LogP contribution is -1.93. The van der Waals surface area contributed by atoms with Crippen LogP contribution in [0.2, 0.25) is 0 Å². The molecule has 0 aliphatic carbocycles. The van der Waals surface area contributed by atoms with Crippen LogP contribution in [0.3, 0.4) is 0 Å². The minimum atomic E-state index is 0.434. The summed E-state index contributed by atoms with van der Waals surface area (Å²) in [5.74, 6) is 0.627. The Morgan fingerprint density at radius 3 is 2.77 bits per heavy atom. The van der Waals surface area contributed by atoms with Crippen molar-refractivity contribution >= 4 is 24.5 Å². The summed E-state index contributed by atoms with van der Waals surface area (Å²) in [6.07, 6.45) is 8.93. The molecule has 0 atom stereocenters. The number of allylic oxidation sites excluding steroid dienone is 1. The highest BCUT2D eigenvalue weighted by atomic mass is 32.1. The average molecular weight is 307 g/mol. The highest BCUT2D eigenvalue weighted by Gasteiger charge is 2.06. The van der Waals surface area contributed by atoms with Crippen molar-refractivity contribution in [2.24, 2.45) is 5.10 Å². The number of nitrogens with one attached hydrogen (secondary N) is 1. The van der Waals surface area contributed by atoms with Crippen molar-refractivity contribution in [3.05, 3.63) is 71.3 Å². The van der Waals surface area contributed by atoms with E-state index in [-0.39, 0.29) is 0 Å². The molecule has 0 bridgehead atoms. The number of nitrogens with zero attached hydrogens (tertiary/aromatic N) is 4. The molecule has 6 heteroatoms. The quantitative estimate of drug-likeness (QED) is 0.592. The van der Waals surface area contributed by atoms with Gasteiger partial charge in [-0.25, -0.2) is 5.10 Å². The summed E-state index contributed by atoms with van der Waals surface area (Å²) in [6.45, 7) is 0. The second-order valence-corrected chi connectivity index (χ2v) is 4.83. The molecule has 0 aliphatic heterocycles. The Bertz CT molecular complexity index is 847. The number of pyridine rings is 1. The van der Waals surface area contributed by atoms with Crippen LogP contribution in [0.25, 0.3) is 17.5 Å². The maximum Gasteiger partial charge on any atom is 0.216 e. The molecule has 0 spiro atoms. The first-order valence-corrected chi connectivity index (χ1v) is 7.09. The Morgan fingerprint density at radius 2 is 2.00 bits per heavy atom. The largest absolute Gasteiger partial charge is 0.264 e. The molecular formula is C16H13N5S. The van der Waals surface area contributed by atoms with Crippen LogP contribution in [-0.2, 0) is 0 Å². The van der Waals surface area contributed by atoms with Crippen molar-refractivity contribution in [2.75, 3.05) is 0 Å². The van der Waals surface area contributed by atoms with Gasteiger partial charge in [0.2, 0.25) is 4.77 Å². The standard InChI is InChI=1S/C16H13N5S/c22-16-20-19-15(14-9-5-10-17-12-14)21(16)18-11-4-8-13-6-2-1-3-7-13/h1-12H,(H,20,22)/b8-4+,18-11?. The topological polar surface area (TPSA) is 58.9 Å². The molecule has 2 heterocycles. The highest BCUT2D eigenvalue weighted by molar-refractivity contribution is 7.71. The van der Waals surface area contributed by atoms with E-state index in [0.717, 1.165) is 11.1 Å². The lowest BCUT2D eigenvalue weighted by molar-refractivity contribution is 0.872. The van der Waals surface area contributed by atoms with Gasteiger partial charge < -0.3 is 0 Å². The fraction of sp³-hybridized carbons (Fsp3) is 0. The molecule has 1 aromatic carbocycles. The van der Waals surface area contributed by atoms with Gasteiger partial charge >= 0.3 is 0 Å². The zero-order valence-corrected chi connectivity index (χ0v) is 12.4. The number of benzene rings is 1. The number of aromatic amines is 1. The predicted molar refractivity (Wildman–Crippen MR) is 90.0 cm³/mol. The van der Waals surface area contributed by atoms with Gasteiger partial charge in [0.15, 0.2) is 5.82 Å². The van der Waals surface area contributed by atoms with Gasteiger partial charge in [-0.15, -0.1) is 0 Å². The van der Waals surface area contributed by atoms with Crippen molar-refractivity contribution in [2.45, 2.75) is 0 Å². The molecule has 108 valence electrons. The number of aromatic nitrogens is 4. The first-order chi connectivity index (χ1) is 10.8. The zero-order chi connectivity index (χ0) is 15.2. The molecule has 0 aliphatic rings. The van der Waals surface area contributed by atoms with Crippen LogP contribution >= 0.6 is 12.2 Å². The Labute approximate surface area is 132 Å². The normalized spacial score (nSPS) is 11.5. The van der Waals surface area contributed by atoms with Gasteiger partial charge in [-0.3, -0.25) is 4.98 Å². The third-order valence-electron chi connectivity index (χ3n) is 2.93. The first kappa shape index (κ1) is 14.1. The molecule has 2 aromatic heterocycles. The summed E-state index contributed by atoms with van der Waals surface area (Å²) >= 11 is 5.20. The Kier molecular flexibility index (Phi) is 4.31. The van der Waals surface area contributed by atoms with Gasteiger partial charge in [-0.05, 0) is 36.0 Å². The Morgan fingerprint density at radius 1 is 1.14 bits per heavy atom. The van der Waals surface area contributed by atoms with E-state index in [1.807, 2.05) is 54.6 Å². The lowest BCUT2D eigenvalue weighted by atomic mass is 10.2. The molecule has 3 rings (SSSR count). The van der Waals surface area contributed by atoms with Gasteiger partial charge in [0.25, 0.3) is 0 Å². The average Bonchev–Trinajstić information content (AvgIpc) is 2.94. The first-order valence-electron chi connectivity index (χ1n) is 6.68. The van der Waals surface area contributed by atoms with Gasteiger partial charge in [0, 0.05) is 24.2 Å². The van der Waals surface area contributed by atoms with Crippen LogP contribution in [0.5, 0.6) is 0 Å². The molecule has 22 heavy (non-hydrogen) atoms. The smallest absolute Gasteiger partial charge is 0.216 e. The maximum atomic E-state index is 5.20. The lowest BCUT2D eigenvalue weighted by Gasteiger charge is -1.98. The second-order valence-electron chi connectivity index (χ2n) is 4.44.